The van der Waals surface area contributed by atoms with E-state index in [1.165, 1.54) is 0 Å². The van der Waals surface area contributed by atoms with Crippen LogP contribution < -0.4 is 0 Å². The van der Waals surface area contributed by atoms with E-state index >= 15 is 0 Å². The first-order valence-corrected chi connectivity index (χ1v) is 6.47. The molecule has 102 valence electrons. The SMILES string of the molecule is Cc1ncc(-c2nc(C(C)(C)C)no2)c(C(C)C)n1. The van der Waals surface area contributed by atoms with E-state index < -0.39 is 0 Å². The van der Waals surface area contributed by atoms with Gasteiger partial charge in [0.1, 0.15) is 5.82 Å². The Labute approximate surface area is 113 Å². The first kappa shape index (κ1) is 13.6. The highest BCUT2D eigenvalue weighted by molar-refractivity contribution is 5.55. The Balaban J connectivity index is 2.50. The van der Waals surface area contributed by atoms with E-state index in [0.29, 0.717) is 11.7 Å². The van der Waals surface area contributed by atoms with Gasteiger partial charge in [-0.3, -0.25) is 0 Å². The molecule has 0 amide bonds. The maximum absolute atomic E-state index is 5.37. The molecule has 5 heteroatoms. The smallest absolute Gasteiger partial charge is 0.261 e. The molecule has 0 saturated heterocycles. The van der Waals surface area contributed by atoms with Gasteiger partial charge in [0.25, 0.3) is 5.89 Å². The van der Waals surface area contributed by atoms with Crippen LogP contribution >= 0.6 is 0 Å². The van der Waals surface area contributed by atoms with Crippen molar-refractivity contribution in [2.45, 2.75) is 52.9 Å². The van der Waals surface area contributed by atoms with Crippen LogP contribution in [0.1, 0.15) is 57.9 Å². The summed E-state index contributed by atoms with van der Waals surface area (Å²) in [6.45, 7) is 12.2. The number of rotatable bonds is 2. The van der Waals surface area contributed by atoms with E-state index in [1.807, 2.05) is 6.92 Å². The van der Waals surface area contributed by atoms with Gasteiger partial charge in [-0.15, -0.1) is 0 Å². The van der Waals surface area contributed by atoms with Crippen LogP contribution in [0.2, 0.25) is 0 Å². The summed E-state index contributed by atoms with van der Waals surface area (Å²) >= 11 is 0. The molecule has 0 N–H and O–H groups in total. The van der Waals surface area contributed by atoms with E-state index in [9.17, 15) is 0 Å². The lowest BCUT2D eigenvalue weighted by molar-refractivity contribution is 0.401. The molecule has 0 aliphatic rings. The normalized spacial score (nSPS) is 12.2. The molecule has 0 radical (unpaired) electrons. The molecule has 0 spiro atoms. The van der Waals surface area contributed by atoms with Gasteiger partial charge in [-0.05, 0) is 12.8 Å². The van der Waals surface area contributed by atoms with Crippen LogP contribution in [0.5, 0.6) is 0 Å². The molecule has 0 aromatic carbocycles. The lowest BCUT2D eigenvalue weighted by Crippen LogP contribution is -2.13. The molecule has 0 aliphatic carbocycles. The summed E-state index contributed by atoms with van der Waals surface area (Å²) in [5.74, 6) is 2.22. The van der Waals surface area contributed by atoms with Crippen LogP contribution in [-0.4, -0.2) is 20.1 Å². The molecular weight excluding hydrogens is 240 g/mol. The average molecular weight is 260 g/mol. The van der Waals surface area contributed by atoms with E-state index in [4.69, 9.17) is 4.52 Å². The van der Waals surface area contributed by atoms with Gasteiger partial charge in [-0.2, -0.15) is 4.98 Å². The maximum atomic E-state index is 5.37. The molecule has 2 aromatic heterocycles. The minimum Gasteiger partial charge on any atom is -0.334 e. The molecule has 2 rings (SSSR count). The first-order valence-electron chi connectivity index (χ1n) is 6.47. The highest BCUT2D eigenvalue weighted by Gasteiger charge is 2.23. The summed E-state index contributed by atoms with van der Waals surface area (Å²) in [6.07, 6.45) is 1.76. The fourth-order valence-corrected chi connectivity index (χ4v) is 1.73. The number of aryl methyl sites for hydroxylation is 1. The highest BCUT2D eigenvalue weighted by Crippen LogP contribution is 2.28. The first-order chi connectivity index (χ1) is 8.79. The predicted molar refractivity (Wildman–Crippen MR) is 72.9 cm³/mol. The quantitative estimate of drug-likeness (QED) is 0.829. The van der Waals surface area contributed by atoms with Crippen LogP contribution in [0.3, 0.4) is 0 Å². The third kappa shape index (κ3) is 2.80. The van der Waals surface area contributed by atoms with Crippen molar-refractivity contribution in [3.63, 3.8) is 0 Å². The van der Waals surface area contributed by atoms with Crippen molar-refractivity contribution in [3.8, 4) is 11.5 Å². The number of aromatic nitrogens is 4. The Bertz CT molecular complexity index is 581. The topological polar surface area (TPSA) is 64.7 Å². The lowest BCUT2D eigenvalue weighted by atomic mass is 9.96. The Morgan fingerprint density at radius 3 is 2.37 bits per heavy atom. The van der Waals surface area contributed by atoms with E-state index in [2.05, 4.69) is 54.7 Å². The summed E-state index contributed by atoms with van der Waals surface area (Å²) < 4.78 is 5.37. The Morgan fingerprint density at radius 2 is 1.84 bits per heavy atom. The maximum Gasteiger partial charge on any atom is 0.261 e. The van der Waals surface area contributed by atoms with Gasteiger partial charge in [-0.25, -0.2) is 9.97 Å². The van der Waals surface area contributed by atoms with E-state index in [1.54, 1.807) is 6.20 Å². The van der Waals surface area contributed by atoms with Crippen LogP contribution in [0.15, 0.2) is 10.7 Å². The average Bonchev–Trinajstić information content (AvgIpc) is 2.77. The van der Waals surface area contributed by atoms with Gasteiger partial charge in [0.05, 0.1) is 11.3 Å². The zero-order valence-corrected chi connectivity index (χ0v) is 12.4. The van der Waals surface area contributed by atoms with Gasteiger partial charge in [0.2, 0.25) is 0 Å². The second-order valence-corrected chi connectivity index (χ2v) is 6.04. The minimum atomic E-state index is -0.134. The van der Waals surface area contributed by atoms with Gasteiger partial charge in [0.15, 0.2) is 5.82 Å². The fraction of sp³-hybridized carbons (Fsp3) is 0.571. The second kappa shape index (κ2) is 4.72. The van der Waals surface area contributed by atoms with Crippen LogP contribution in [0, 0.1) is 6.92 Å². The van der Waals surface area contributed by atoms with Gasteiger partial charge >= 0.3 is 0 Å². The van der Waals surface area contributed by atoms with E-state index in [0.717, 1.165) is 17.1 Å². The molecule has 0 aliphatic heterocycles. The Hall–Kier alpha value is -1.78. The largest absolute Gasteiger partial charge is 0.334 e. The summed E-state index contributed by atoms with van der Waals surface area (Å²) in [6, 6.07) is 0. The zero-order valence-electron chi connectivity index (χ0n) is 12.4. The highest BCUT2D eigenvalue weighted by atomic mass is 16.5. The molecule has 19 heavy (non-hydrogen) atoms. The van der Waals surface area contributed by atoms with Gasteiger partial charge < -0.3 is 4.52 Å². The van der Waals surface area contributed by atoms with Crippen molar-refractivity contribution in [3.05, 3.63) is 23.5 Å². The van der Waals surface area contributed by atoms with Crippen molar-refractivity contribution in [2.75, 3.05) is 0 Å². The second-order valence-electron chi connectivity index (χ2n) is 6.04. The van der Waals surface area contributed by atoms with Crippen molar-refractivity contribution >= 4 is 0 Å². The zero-order chi connectivity index (χ0) is 14.2. The Kier molecular flexibility index (Phi) is 3.39. The van der Waals surface area contributed by atoms with Crippen molar-refractivity contribution in [1.82, 2.24) is 20.1 Å². The Morgan fingerprint density at radius 1 is 1.16 bits per heavy atom. The molecule has 0 bridgehead atoms. The molecule has 2 aromatic rings. The van der Waals surface area contributed by atoms with Crippen molar-refractivity contribution in [1.29, 1.82) is 0 Å². The summed E-state index contributed by atoms with van der Waals surface area (Å²) in [4.78, 5) is 13.2. The number of hydrogen-bond donors (Lipinski definition) is 0. The van der Waals surface area contributed by atoms with Crippen molar-refractivity contribution < 1.29 is 4.52 Å². The summed E-state index contributed by atoms with van der Waals surface area (Å²) in [5.41, 5.74) is 1.63. The summed E-state index contributed by atoms with van der Waals surface area (Å²) in [7, 11) is 0. The molecule has 0 unspecified atom stereocenters. The molecular formula is C14H20N4O. The van der Waals surface area contributed by atoms with Crippen LogP contribution in [0.25, 0.3) is 11.5 Å². The van der Waals surface area contributed by atoms with Crippen LogP contribution in [0.4, 0.5) is 0 Å². The minimum absolute atomic E-state index is 0.134. The standard InChI is InChI=1S/C14H20N4O/c1-8(2)11-10(7-15-9(3)16-11)12-17-13(18-19-12)14(4,5)6/h7-8H,1-6H3. The number of hydrogen-bond acceptors (Lipinski definition) is 5. The molecule has 5 nitrogen and oxygen atoms in total. The molecule has 0 atom stereocenters. The van der Waals surface area contributed by atoms with Gasteiger partial charge in [0, 0.05) is 11.6 Å². The van der Waals surface area contributed by atoms with E-state index in [-0.39, 0.29) is 11.3 Å². The fourth-order valence-electron chi connectivity index (χ4n) is 1.73. The lowest BCUT2D eigenvalue weighted by Gasteiger charge is -2.11. The molecule has 2 heterocycles. The monoisotopic (exact) mass is 260 g/mol. The molecule has 0 fully saturated rings. The number of nitrogens with zero attached hydrogens (tertiary/aromatic N) is 4. The molecule has 0 saturated carbocycles. The summed E-state index contributed by atoms with van der Waals surface area (Å²) in [5, 5.41) is 4.05. The van der Waals surface area contributed by atoms with Crippen molar-refractivity contribution in [2.24, 2.45) is 0 Å². The van der Waals surface area contributed by atoms with Gasteiger partial charge in [-0.1, -0.05) is 39.8 Å². The third-order valence-electron chi connectivity index (χ3n) is 2.81. The third-order valence-corrected chi connectivity index (χ3v) is 2.81. The predicted octanol–water partition coefficient (Wildman–Crippen LogP) is 3.26. The van der Waals surface area contributed by atoms with Crippen LogP contribution in [-0.2, 0) is 5.41 Å².